The fourth-order valence-corrected chi connectivity index (χ4v) is 11.9. The number of carbonyl (C=O) groups excluding carboxylic acids is 2. The highest BCUT2D eigenvalue weighted by Crippen LogP contribution is 2.38. The van der Waals surface area contributed by atoms with Crippen molar-refractivity contribution < 1.29 is 42.1 Å². The van der Waals surface area contributed by atoms with Crippen molar-refractivity contribution in [2.45, 2.75) is 386 Å². The first-order chi connectivity index (χ1) is 41.5. The molecule has 0 aromatic carbocycles. The van der Waals surface area contributed by atoms with Crippen LogP contribution in [0.3, 0.4) is 0 Å². The van der Waals surface area contributed by atoms with E-state index in [1.165, 1.54) is 302 Å². The van der Waals surface area contributed by atoms with Gasteiger partial charge in [0.15, 0.2) is 6.10 Å². The third-order valence-corrected chi connectivity index (χ3v) is 17.9. The lowest BCUT2D eigenvalue weighted by atomic mass is 10.0. The summed E-state index contributed by atoms with van der Waals surface area (Å²) in [5.74, 6) is -0.808. The van der Waals surface area contributed by atoms with Gasteiger partial charge in [-0.25, -0.2) is 0 Å². The molecule has 0 aliphatic heterocycles. The van der Waals surface area contributed by atoms with E-state index in [2.05, 4.69) is 50.3 Å². The molecule has 0 aliphatic rings. The molecule has 502 valence electrons. The van der Waals surface area contributed by atoms with Crippen molar-refractivity contribution in [2.75, 3.05) is 47.5 Å². The van der Waals surface area contributed by atoms with Crippen molar-refractivity contribution in [1.82, 2.24) is 0 Å². The molecule has 2 atom stereocenters. The number of esters is 2. The number of quaternary nitrogens is 1. The van der Waals surface area contributed by atoms with Crippen LogP contribution in [0.25, 0.3) is 0 Å². The van der Waals surface area contributed by atoms with E-state index in [9.17, 15) is 19.0 Å². The Hall–Kier alpha value is -1.77. The highest BCUT2D eigenvalue weighted by atomic mass is 31.2. The Morgan fingerprint density at radius 3 is 0.941 bits per heavy atom. The average molecular weight is 1220 g/mol. The number of ether oxygens (including phenoxy) is 2. The number of hydrogen-bond donors (Lipinski definition) is 0. The van der Waals surface area contributed by atoms with Crippen LogP contribution in [0, 0.1) is 0 Å². The molecule has 0 amide bonds. The molecule has 0 aromatic heterocycles. The molecule has 0 bridgehead atoms. The first-order valence-electron chi connectivity index (χ1n) is 37.2. The van der Waals surface area contributed by atoms with Crippen LogP contribution in [0.5, 0.6) is 0 Å². The maximum atomic E-state index is 12.9. The molecule has 0 aliphatic carbocycles. The highest BCUT2D eigenvalue weighted by molar-refractivity contribution is 7.45. The van der Waals surface area contributed by atoms with Crippen molar-refractivity contribution in [3.8, 4) is 0 Å². The number of phosphoric acid groups is 1. The van der Waals surface area contributed by atoms with Crippen LogP contribution in [-0.4, -0.2) is 70.0 Å². The molecular weight excluding hydrogens is 1070 g/mol. The van der Waals surface area contributed by atoms with Crippen molar-refractivity contribution in [2.24, 2.45) is 0 Å². The molecule has 0 saturated heterocycles. The first kappa shape index (κ1) is 83.2. The Balaban J connectivity index is 3.87. The molecule has 0 rings (SSSR count). The minimum Gasteiger partial charge on any atom is -0.756 e. The van der Waals surface area contributed by atoms with E-state index in [0.29, 0.717) is 17.4 Å². The van der Waals surface area contributed by atoms with E-state index in [4.69, 9.17) is 18.5 Å². The zero-order valence-electron chi connectivity index (χ0n) is 57.3. The topological polar surface area (TPSA) is 111 Å². The smallest absolute Gasteiger partial charge is 0.306 e. The molecule has 0 radical (unpaired) electrons. The van der Waals surface area contributed by atoms with Gasteiger partial charge in [-0.3, -0.25) is 14.2 Å². The minimum atomic E-state index is -4.64. The average Bonchev–Trinajstić information content (AvgIpc) is 3.51. The molecule has 0 aromatic rings. The number of unbranched alkanes of at least 4 members (excludes halogenated alkanes) is 50. The van der Waals surface area contributed by atoms with Gasteiger partial charge in [-0.1, -0.05) is 352 Å². The van der Waals surface area contributed by atoms with Gasteiger partial charge in [0.2, 0.25) is 0 Å². The number of carbonyl (C=O) groups is 2. The van der Waals surface area contributed by atoms with Crippen molar-refractivity contribution in [3.63, 3.8) is 0 Å². The lowest BCUT2D eigenvalue weighted by molar-refractivity contribution is -0.870. The Morgan fingerprint density at radius 1 is 0.365 bits per heavy atom. The molecule has 0 spiro atoms. The molecule has 2 unspecified atom stereocenters. The predicted octanol–water partition coefficient (Wildman–Crippen LogP) is 23.6. The van der Waals surface area contributed by atoms with E-state index in [-0.39, 0.29) is 32.0 Å². The van der Waals surface area contributed by atoms with Crippen LogP contribution in [0.4, 0.5) is 0 Å². The molecule has 9 nitrogen and oxygen atoms in total. The molecule has 10 heteroatoms. The molecule has 0 fully saturated rings. The number of allylic oxidation sites excluding steroid dienone is 6. The summed E-state index contributed by atoms with van der Waals surface area (Å²) in [6.45, 7) is 4.30. The van der Waals surface area contributed by atoms with Gasteiger partial charge in [-0.15, -0.1) is 0 Å². The lowest BCUT2D eigenvalue weighted by Gasteiger charge is -2.28. The zero-order chi connectivity index (χ0) is 61.9. The second-order valence-electron chi connectivity index (χ2n) is 26.7. The Labute approximate surface area is 529 Å². The molecule has 0 N–H and O–H groups in total. The number of hydrogen-bond acceptors (Lipinski definition) is 8. The normalized spacial score (nSPS) is 13.2. The third-order valence-electron chi connectivity index (χ3n) is 16.9. The van der Waals surface area contributed by atoms with E-state index >= 15 is 0 Å². The van der Waals surface area contributed by atoms with Crippen molar-refractivity contribution in [1.29, 1.82) is 0 Å². The first-order valence-corrected chi connectivity index (χ1v) is 38.7. The summed E-state index contributed by atoms with van der Waals surface area (Å²) in [4.78, 5) is 38.0. The Bertz CT molecular complexity index is 1530. The van der Waals surface area contributed by atoms with E-state index in [1.54, 1.807) is 0 Å². The van der Waals surface area contributed by atoms with Crippen LogP contribution in [0.1, 0.15) is 380 Å². The Morgan fingerprint density at radius 2 is 0.635 bits per heavy atom. The van der Waals surface area contributed by atoms with Crippen molar-refractivity contribution >= 4 is 19.8 Å². The van der Waals surface area contributed by atoms with Gasteiger partial charge in [-0.05, 0) is 51.4 Å². The van der Waals surface area contributed by atoms with Crippen LogP contribution < -0.4 is 4.89 Å². The summed E-state index contributed by atoms with van der Waals surface area (Å²) in [5.41, 5.74) is 0. The van der Waals surface area contributed by atoms with Crippen LogP contribution in [-0.2, 0) is 32.7 Å². The van der Waals surface area contributed by atoms with Gasteiger partial charge in [0, 0.05) is 12.8 Å². The maximum absolute atomic E-state index is 12.9. The molecular formula is C75H144NO8P. The van der Waals surface area contributed by atoms with Gasteiger partial charge in [-0.2, -0.15) is 0 Å². The van der Waals surface area contributed by atoms with Gasteiger partial charge >= 0.3 is 11.9 Å². The lowest BCUT2D eigenvalue weighted by Crippen LogP contribution is -2.37. The maximum Gasteiger partial charge on any atom is 0.306 e. The van der Waals surface area contributed by atoms with E-state index in [1.807, 2.05) is 21.1 Å². The van der Waals surface area contributed by atoms with Crippen LogP contribution in [0.2, 0.25) is 0 Å². The van der Waals surface area contributed by atoms with Crippen LogP contribution in [0.15, 0.2) is 36.5 Å². The quantitative estimate of drug-likeness (QED) is 0.0195. The number of likely N-dealkylation sites (N-methyl/N-ethyl adjacent to an activating group) is 1. The third kappa shape index (κ3) is 71.2. The van der Waals surface area contributed by atoms with Gasteiger partial charge in [0.05, 0.1) is 27.7 Å². The minimum absolute atomic E-state index is 0.0267. The predicted molar refractivity (Wildman–Crippen MR) is 365 cm³/mol. The highest BCUT2D eigenvalue weighted by Gasteiger charge is 2.22. The van der Waals surface area contributed by atoms with Gasteiger partial charge in [0.1, 0.15) is 19.8 Å². The monoisotopic (exact) mass is 1220 g/mol. The van der Waals surface area contributed by atoms with E-state index in [0.717, 1.165) is 44.9 Å². The summed E-state index contributed by atoms with van der Waals surface area (Å²) in [6, 6.07) is 0. The summed E-state index contributed by atoms with van der Waals surface area (Å²) in [6.07, 6.45) is 85.4. The van der Waals surface area contributed by atoms with Gasteiger partial charge < -0.3 is 27.9 Å². The molecule has 0 heterocycles. The number of phosphoric ester groups is 1. The fourth-order valence-electron chi connectivity index (χ4n) is 11.2. The fraction of sp³-hybridized carbons (Fsp3) is 0.893. The largest absolute Gasteiger partial charge is 0.756 e. The SMILES string of the molecule is CCCCCCC/C=C\C/C=C\C/C=C\CCCCCCCCCCCCCCCCCCCCCCCCCCCCC(=O)OC(COC(=O)CCCCCCCCCCCCCCCCCCCCCC)COP(=O)([O-])OCC[N+](C)(C)C. The Kier molecular flexibility index (Phi) is 65.3. The van der Waals surface area contributed by atoms with Crippen LogP contribution >= 0.6 is 7.82 Å². The van der Waals surface area contributed by atoms with Crippen molar-refractivity contribution in [3.05, 3.63) is 36.5 Å². The summed E-state index contributed by atoms with van der Waals surface area (Å²) < 4.78 is 34.3. The molecule has 85 heavy (non-hydrogen) atoms. The zero-order valence-corrected chi connectivity index (χ0v) is 58.2. The summed E-state index contributed by atoms with van der Waals surface area (Å²) in [7, 11) is 1.19. The second kappa shape index (κ2) is 66.6. The number of rotatable bonds is 70. The number of nitrogens with zero attached hydrogens (tertiary/aromatic N) is 1. The summed E-state index contributed by atoms with van der Waals surface area (Å²) >= 11 is 0. The second-order valence-corrected chi connectivity index (χ2v) is 28.1. The molecule has 0 saturated carbocycles. The van der Waals surface area contributed by atoms with Gasteiger partial charge in [0.25, 0.3) is 7.82 Å². The summed E-state index contributed by atoms with van der Waals surface area (Å²) in [5, 5.41) is 0. The standard InChI is InChI=1S/C75H144NO8P/c1-6-8-10-12-14-16-18-20-22-24-26-28-29-30-31-32-33-34-35-36-37-38-39-40-41-42-43-44-45-46-47-48-50-52-54-56-58-60-62-64-66-68-75(78)84-73(72-83-85(79,80)82-70-69-76(3,4)5)71-81-74(77)67-65-63-61-59-57-55-53-51-49-27-25-23-21-19-17-15-13-11-9-7-2/h18,20,24,26,29-30,73H,6-17,19,21-23,25,27-28,31-72H2,1-5H3/b20-18-,26-24-,30-29-. The van der Waals surface area contributed by atoms with E-state index < -0.39 is 26.5 Å².